The van der Waals surface area contributed by atoms with E-state index in [0.29, 0.717) is 6.54 Å². The van der Waals surface area contributed by atoms with Crippen molar-refractivity contribution in [1.29, 1.82) is 0 Å². The van der Waals surface area contributed by atoms with E-state index < -0.39 is 12.7 Å². The minimum Gasteiger partial charge on any atom is -0.338 e. The molecule has 1 aliphatic carbocycles. The van der Waals surface area contributed by atoms with Crippen LogP contribution in [0.15, 0.2) is 24.0 Å². The molecule has 2 rings (SSSR count). The summed E-state index contributed by atoms with van der Waals surface area (Å²) in [6.07, 6.45) is 5.92. The molecular formula is C16H23F3N4O. The van der Waals surface area contributed by atoms with Crippen molar-refractivity contribution in [2.45, 2.75) is 51.4 Å². The minimum atomic E-state index is -4.32. The number of aromatic nitrogens is 2. The molecule has 0 aliphatic heterocycles. The molecular weight excluding hydrogens is 321 g/mol. The van der Waals surface area contributed by atoms with E-state index >= 15 is 0 Å². The number of rotatable bonds is 6. The number of hydrogen-bond donors (Lipinski definition) is 1. The predicted molar refractivity (Wildman–Crippen MR) is 84.3 cm³/mol. The SMILES string of the molecule is CN(Cc1nccn1CC(F)(F)F)C(=O)NCCC1=CCCCC1. The van der Waals surface area contributed by atoms with Gasteiger partial charge in [0.2, 0.25) is 0 Å². The first-order chi connectivity index (χ1) is 11.3. The summed E-state index contributed by atoms with van der Waals surface area (Å²) in [5.41, 5.74) is 1.37. The van der Waals surface area contributed by atoms with Gasteiger partial charge in [0, 0.05) is 26.0 Å². The van der Waals surface area contributed by atoms with Crippen molar-refractivity contribution >= 4 is 6.03 Å². The van der Waals surface area contributed by atoms with E-state index in [1.807, 2.05) is 0 Å². The van der Waals surface area contributed by atoms with E-state index in [1.54, 1.807) is 7.05 Å². The van der Waals surface area contributed by atoms with Crippen LogP contribution >= 0.6 is 0 Å². The zero-order valence-electron chi connectivity index (χ0n) is 13.8. The van der Waals surface area contributed by atoms with E-state index in [0.717, 1.165) is 23.8 Å². The van der Waals surface area contributed by atoms with Gasteiger partial charge >= 0.3 is 12.2 Å². The zero-order chi connectivity index (χ0) is 17.6. The van der Waals surface area contributed by atoms with Crippen LogP contribution in [0.3, 0.4) is 0 Å². The quantitative estimate of drug-likeness (QED) is 0.803. The van der Waals surface area contributed by atoms with Crippen LogP contribution in [0.25, 0.3) is 0 Å². The standard InChI is InChI=1S/C16H23F3N4O/c1-22(11-14-20-9-10-23(14)12-16(17,18)19)15(24)21-8-7-13-5-3-2-4-6-13/h5,9-10H,2-4,6-8,11-12H2,1H3,(H,21,24). The first kappa shape index (κ1) is 18.4. The molecule has 0 radical (unpaired) electrons. The van der Waals surface area contributed by atoms with Crippen LogP contribution in [0.2, 0.25) is 0 Å². The molecule has 0 bridgehead atoms. The van der Waals surface area contributed by atoms with Crippen LogP contribution in [0.5, 0.6) is 0 Å². The van der Waals surface area contributed by atoms with Crippen LogP contribution in [0.1, 0.15) is 37.9 Å². The lowest BCUT2D eigenvalue weighted by molar-refractivity contribution is -0.141. The molecule has 0 fully saturated rings. The topological polar surface area (TPSA) is 50.2 Å². The van der Waals surface area contributed by atoms with Crippen molar-refractivity contribution in [3.05, 3.63) is 29.9 Å². The van der Waals surface area contributed by atoms with Gasteiger partial charge in [-0.05, 0) is 32.1 Å². The van der Waals surface area contributed by atoms with Crippen LogP contribution in [0.4, 0.5) is 18.0 Å². The molecule has 2 amide bonds. The molecule has 0 atom stereocenters. The molecule has 0 saturated carbocycles. The third kappa shape index (κ3) is 5.90. The van der Waals surface area contributed by atoms with Crippen molar-refractivity contribution < 1.29 is 18.0 Å². The number of allylic oxidation sites excluding steroid dienone is 1. The number of nitrogens with one attached hydrogen (secondary N) is 1. The number of urea groups is 1. The summed E-state index contributed by atoms with van der Waals surface area (Å²) in [6.45, 7) is -0.546. The maximum absolute atomic E-state index is 12.5. The second kappa shape index (κ2) is 8.21. The normalized spacial score (nSPS) is 15.1. The fraction of sp³-hybridized carbons (Fsp3) is 0.625. The molecule has 1 N–H and O–H groups in total. The summed E-state index contributed by atoms with van der Waals surface area (Å²) in [6, 6.07) is -0.312. The first-order valence-electron chi connectivity index (χ1n) is 8.09. The highest BCUT2D eigenvalue weighted by Gasteiger charge is 2.29. The highest BCUT2D eigenvalue weighted by molar-refractivity contribution is 5.73. The van der Waals surface area contributed by atoms with Crippen LogP contribution < -0.4 is 5.32 Å². The lowest BCUT2D eigenvalue weighted by Gasteiger charge is -2.19. The summed E-state index contributed by atoms with van der Waals surface area (Å²) in [5, 5.41) is 2.80. The van der Waals surface area contributed by atoms with Gasteiger partial charge in [-0.2, -0.15) is 13.2 Å². The van der Waals surface area contributed by atoms with E-state index in [1.165, 1.54) is 35.7 Å². The molecule has 134 valence electrons. The Hall–Kier alpha value is -1.99. The monoisotopic (exact) mass is 344 g/mol. The number of hydrogen-bond acceptors (Lipinski definition) is 2. The van der Waals surface area contributed by atoms with Crippen molar-refractivity contribution in [3.8, 4) is 0 Å². The fourth-order valence-electron chi connectivity index (χ4n) is 2.71. The van der Waals surface area contributed by atoms with Crippen molar-refractivity contribution in [3.63, 3.8) is 0 Å². The van der Waals surface area contributed by atoms with E-state index in [9.17, 15) is 18.0 Å². The highest BCUT2D eigenvalue weighted by Crippen LogP contribution is 2.20. The number of carbonyl (C=O) groups excluding carboxylic acids is 1. The molecule has 0 unspecified atom stereocenters. The Balaban J connectivity index is 1.79. The van der Waals surface area contributed by atoms with Gasteiger partial charge in [0.25, 0.3) is 0 Å². The Morgan fingerprint density at radius 1 is 1.42 bits per heavy atom. The molecule has 1 aromatic rings. The highest BCUT2D eigenvalue weighted by atomic mass is 19.4. The van der Waals surface area contributed by atoms with Crippen LogP contribution in [-0.4, -0.2) is 40.3 Å². The van der Waals surface area contributed by atoms with Gasteiger partial charge in [0.1, 0.15) is 12.4 Å². The Bertz CT molecular complexity index is 580. The zero-order valence-corrected chi connectivity index (χ0v) is 13.8. The molecule has 0 saturated heterocycles. The Kier molecular flexibility index (Phi) is 6.28. The average molecular weight is 344 g/mol. The third-order valence-electron chi connectivity index (χ3n) is 3.98. The van der Waals surface area contributed by atoms with E-state index in [-0.39, 0.29) is 18.4 Å². The van der Waals surface area contributed by atoms with Gasteiger partial charge < -0.3 is 14.8 Å². The smallest absolute Gasteiger partial charge is 0.338 e. The van der Waals surface area contributed by atoms with Crippen molar-refractivity contribution in [2.75, 3.05) is 13.6 Å². The second-order valence-corrected chi connectivity index (χ2v) is 6.03. The fourth-order valence-corrected chi connectivity index (χ4v) is 2.71. The lowest BCUT2D eigenvalue weighted by Crippen LogP contribution is -2.38. The maximum atomic E-state index is 12.5. The van der Waals surface area contributed by atoms with Crippen molar-refractivity contribution in [2.24, 2.45) is 0 Å². The van der Waals surface area contributed by atoms with Gasteiger partial charge in [-0.15, -0.1) is 0 Å². The first-order valence-corrected chi connectivity index (χ1v) is 8.09. The van der Waals surface area contributed by atoms with Gasteiger partial charge in [-0.25, -0.2) is 9.78 Å². The average Bonchev–Trinajstić information content (AvgIpc) is 2.93. The second-order valence-electron chi connectivity index (χ2n) is 6.03. The maximum Gasteiger partial charge on any atom is 0.406 e. The Morgan fingerprint density at radius 3 is 2.88 bits per heavy atom. The number of alkyl halides is 3. The van der Waals surface area contributed by atoms with Gasteiger partial charge in [-0.1, -0.05) is 11.6 Å². The number of nitrogens with zero attached hydrogens (tertiary/aromatic N) is 3. The van der Waals surface area contributed by atoms with Crippen molar-refractivity contribution in [1.82, 2.24) is 19.8 Å². The molecule has 24 heavy (non-hydrogen) atoms. The lowest BCUT2D eigenvalue weighted by atomic mass is 9.97. The summed E-state index contributed by atoms with van der Waals surface area (Å²) >= 11 is 0. The number of halogens is 3. The molecule has 1 heterocycles. The van der Waals surface area contributed by atoms with Crippen LogP contribution in [-0.2, 0) is 13.1 Å². The molecule has 1 aromatic heterocycles. The summed E-state index contributed by atoms with van der Waals surface area (Å²) in [5.74, 6) is 0.208. The van der Waals surface area contributed by atoms with Gasteiger partial charge in [-0.3, -0.25) is 0 Å². The molecule has 0 spiro atoms. The van der Waals surface area contributed by atoms with E-state index in [4.69, 9.17) is 0 Å². The van der Waals surface area contributed by atoms with Gasteiger partial charge in [0.05, 0.1) is 6.54 Å². The summed E-state index contributed by atoms with van der Waals surface area (Å²) in [4.78, 5) is 17.3. The number of imidazole rings is 1. The Labute approximate surface area is 139 Å². The molecule has 1 aliphatic rings. The molecule has 5 nitrogen and oxygen atoms in total. The predicted octanol–water partition coefficient (Wildman–Crippen LogP) is 3.48. The number of amides is 2. The summed E-state index contributed by atoms with van der Waals surface area (Å²) < 4.78 is 38.5. The minimum absolute atomic E-state index is 0.0254. The van der Waals surface area contributed by atoms with Crippen LogP contribution in [0, 0.1) is 0 Å². The molecule has 8 heteroatoms. The number of carbonyl (C=O) groups is 1. The molecule has 0 aromatic carbocycles. The third-order valence-corrected chi connectivity index (χ3v) is 3.98. The largest absolute Gasteiger partial charge is 0.406 e. The Morgan fingerprint density at radius 2 is 2.21 bits per heavy atom. The van der Waals surface area contributed by atoms with E-state index in [2.05, 4.69) is 16.4 Å². The summed E-state index contributed by atoms with van der Waals surface area (Å²) in [7, 11) is 1.54. The van der Waals surface area contributed by atoms with Gasteiger partial charge in [0.15, 0.2) is 0 Å².